The summed E-state index contributed by atoms with van der Waals surface area (Å²) in [5.74, 6) is 3.98. The maximum Gasteiger partial charge on any atom is 2.00 e. The molecule has 2 aliphatic heterocycles. The van der Waals surface area contributed by atoms with Crippen molar-refractivity contribution in [2.75, 3.05) is 0 Å². The van der Waals surface area contributed by atoms with E-state index < -0.39 is 0 Å². The summed E-state index contributed by atoms with van der Waals surface area (Å²) in [6.07, 6.45) is 5.90. The van der Waals surface area contributed by atoms with Gasteiger partial charge in [0.1, 0.15) is 22.5 Å². The van der Waals surface area contributed by atoms with Crippen LogP contribution in [0, 0.1) is 0 Å². The van der Waals surface area contributed by atoms with Crippen LogP contribution in [-0.2, 0) is 17.1 Å². The minimum Gasteiger partial charge on any atom is -0.624 e. The monoisotopic (exact) mass is 673 g/mol. The van der Waals surface area contributed by atoms with Gasteiger partial charge in [0.25, 0.3) is 0 Å². The Morgan fingerprint density at radius 1 is 0.553 bits per heavy atom. The van der Waals surface area contributed by atoms with E-state index in [1.54, 1.807) is 0 Å². The van der Waals surface area contributed by atoms with E-state index in [4.69, 9.17) is 18.3 Å². The molecule has 0 aliphatic carbocycles. The molecule has 0 N–H and O–H groups in total. The Hall–Kier alpha value is -4.98. The molecule has 6 aromatic rings. The molecule has 0 saturated carbocycles. The molecule has 0 saturated heterocycles. The fourth-order valence-corrected chi connectivity index (χ4v) is 5.32. The number of para-hydroxylation sites is 8. The van der Waals surface area contributed by atoms with Crippen molar-refractivity contribution < 1.29 is 35.4 Å². The first kappa shape index (κ1) is 32.0. The predicted octanol–water partition coefficient (Wildman–Crippen LogP) is 11.6. The molecular weight excluding hydrogens is 640 g/mol. The van der Waals surface area contributed by atoms with Crippen LogP contribution in [0.5, 0.6) is 11.5 Å². The zero-order valence-electron chi connectivity index (χ0n) is 26.2. The molecule has 4 heterocycles. The van der Waals surface area contributed by atoms with Gasteiger partial charge < -0.3 is 28.9 Å². The van der Waals surface area contributed by atoms with Gasteiger partial charge in [0.2, 0.25) is 11.8 Å². The van der Waals surface area contributed by atoms with E-state index in [0.29, 0.717) is 23.5 Å². The number of nitrogens with zero attached hydrogens (tertiary/aromatic N) is 4. The molecule has 0 spiro atoms. The Morgan fingerprint density at radius 3 is 1.36 bits per heavy atom. The predicted molar refractivity (Wildman–Crippen MR) is 181 cm³/mol. The van der Waals surface area contributed by atoms with Crippen LogP contribution in [0.3, 0.4) is 0 Å². The largest absolute Gasteiger partial charge is 2.00 e. The quantitative estimate of drug-likeness (QED) is 0.149. The molecule has 0 amide bonds. The summed E-state index contributed by atoms with van der Waals surface area (Å²) in [5.41, 5.74) is 6.85. The third kappa shape index (κ3) is 6.92. The molecule has 0 fully saturated rings. The molecule has 2 aromatic heterocycles. The van der Waals surface area contributed by atoms with Crippen molar-refractivity contribution in [3.8, 4) is 11.5 Å². The Morgan fingerprint density at radius 2 is 0.957 bits per heavy atom. The second-order valence-electron chi connectivity index (χ2n) is 11.1. The molecule has 4 aromatic carbocycles. The van der Waals surface area contributed by atoms with Crippen molar-refractivity contribution >= 4 is 44.7 Å². The Labute approximate surface area is 284 Å². The van der Waals surface area contributed by atoms with Crippen molar-refractivity contribution in [2.45, 2.75) is 52.4 Å². The second-order valence-corrected chi connectivity index (χ2v) is 11.1. The molecule has 0 unspecified atom stereocenters. The summed E-state index contributed by atoms with van der Waals surface area (Å²) in [5, 5.41) is 9.22. The van der Waals surface area contributed by atoms with E-state index in [0.717, 1.165) is 94.7 Å². The minimum atomic E-state index is 0. The van der Waals surface area contributed by atoms with Crippen LogP contribution in [-0.4, -0.2) is 9.97 Å². The molecule has 8 nitrogen and oxygen atoms in total. The van der Waals surface area contributed by atoms with Crippen molar-refractivity contribution in [1.82, 2.24) is 9.97 Å². The summed E-state index contributed by atoms with van der Waals surface area (Å²) in [7, 11) is 0. The Kier molecular flexibility index (Phi) is 9.95. The number of oxazole rings is 2. The zero-order chi connectivity index (χ0) is 31.3. The summed E-state index contributed by atoms with van der Waals surface area (Å²) in [4.78, 5) is 9.22. The van der Waals surface area contributed by atoms with Crippen LogP contribution >= 0.6 is 0 Å². The number of ether oxygens (including phenoxy) is 2. The fourth-order valence-electron chi connectivity index (χ4n) is 5.32. The molecule has 0 atom stereocenters. The van der Waals surface area contributed by atoms with E-state index in [1.165, 1.54) is 0 Å². The normalized spacial score (nSPS) is 14.9. The van der Waals surface area contributed by atoms with Gasteiger partial charge in [-0.1, -0.05) is 98.7 Å². The first-order chi connectivity index (χ1) is 22.7. The minimum absolute atomic E-state index is 0. The van der Waals surface area contributed by atoms with Crippen LogP contribution in [0.1, 0.15) is 64.2 Å². The van der Waals surface area contributed by atoms with E-state index >= 15 is 0 Å². The molecule has 0 bridgehead atoms. The third-order valence-corrected chi connectivity index (χ3v) is 7.77. The molecular formula is C38H34CuN4O4. The van der Waals surface area contributed by atoms with E-state index in [1.807, 2.05) is 97.1 Å². The molecule has 2 aliphatic rings. The first-order valence-electron chi connectivity index (χ1n) is 15.9. The second kappa shape index (κ2) is 14.6. The van der Waals surface area contributed by atoms with Gasteiger partial charge in [-0.05, 0) is 62.1 Å². The maximum absolute atomic E-state index is 5.93. The van der Waals surface area contributed by atoms with Gasteiger partial charge in [-0.2, -0.15) is 0 Å². The molecule has 47 heavy (non-hydrogen) atoms. The van der Waals surface area contributed by atoms with Crippen LogP contribution in [0.15, 0.2) is 118 Å². The molecule has 8 rings (SSSR count). The van der Waals surface area contributed by atoms with Gasteiger partial charge in [-0.25, -0.2) is 9.97 Å². The van der Waals surface area contributed by atoms with E-state index in [2.05, 4.69) is 34.4 Å². The molecule has 1 radical (unpaired) electrons. The topological polar surface area (TPSA) is 98.7 Å². The smallest absolute Gasteiger partial charge is 0.624 e. The number of benzene rings is 4. The fraction of sp³-hybridized carbons (Fsp3) is 0.211. The summed E-state index contributed by atoms with van der Waals surface area (Å²) in [6, 6.07) is 31.1. The number of aromatic nitrogens is 2. The Bertz CT molecular complexity index is 1790. The van der Waals surface area contributed by atoms with Crippen LogP contribution < -0.4 is 9.47 Å². The SMILES string of the molecule is CCCC/C(=C1/[N-]c2ccccc2O1)c1nc2ccccc2o1.CCCC/C(=C1/[N-]c2ccccc2O1)c1nc2ccccc2o1.[Cu+2]. The Balaban J connectivity index is 0.000000161. The van der Waals surface area contributed by atoms with Crippen LogP contribution in [0.25, 0.3) is 44.0 Å². The van der Waals surface area contributed by atoms with E-state index in [-0.39, 0.29) is 17.1 Å². The molecule has 9 heteroatoms. The van der Waals surface area contributed by atoms with Crippen molar-refractivity contribution in [3.63, 3.8) is 0 Å². The summed E-state index contributed by atoms with van der Waals surface area (Å²) in [6.45, 7) is 4.32. The van der Waals surface area contributed by atoms with Crippen molar-refractivity contribution in [3.05, 3.63) is 131 Å². The summed E-state index contributed by atoms with van der Waals surface area (Å²) >= 11 is 0. The van der Waals surface area contributed by atoms with Gasteiger partial charge in [-0.15, -0.1) is 0 Å². The zero-order valence-corrected chi connectivity index (χ0v) is 27.1. The van der Waals surface area contributed by atoms with Crippen molar-refractivity contribution in [2.24, 2.45) is 0 Å². The average Bonchev–Trinajstić information content (AvgIpc) is 3.89. The third-order valence-electron chi connectivity index (χ3n) is 7.77. The van der Waals surface area contributed by atoms with Gasteiger partial charge >= 0.3 is 17.1 Å². The summed E-state index contributed by atoms with van der Waals surface area (Å²) < 4.78 is 23.7. The van der Waals surface area contributed by atoms with Gasteiger partial charge in [0.05, 0.1) is 0 Å². The molecule has 241 valence electrons. The van der Waals surface area contributed by atoms with Crippen molar-refractivity contribution in [1.29, 1.82) is 0 Å². The number of rotatable bonds is 8. The number of hydrogen-bond donors (Lipinski definition) is 0. The van der Waals surface area contributed by atoms with Gasteiger partial charge in [0, 0.05) is 22.9 Å². The number of unbranched alkanes of at least 4 members (excludes halogenated alkanes) is 2. The number of hydrogen-bond acceptors (Lipinski definition) is 6. The van der Waals surface area contributed by atoms with Crippen LogP contribution in [0.2, 0.25) is 0 Å². The number of allylic oxidation sites excluding steroid dienone is 2. The first-order valence-corrected chi connectivity index (χ1v) is 15.9. The van der Waals surface area contributed by atoms with Crippen LogP contribution in [0.4, 0.5) is 11.4 Å². The number of fused-ring (bicyclic) bond motifs is 4. The standard InChI is InChI=1S/2C19H17N2O2.Cu/c2*1-2-3-8-13(18-20-14-9-4-6-11-16(14)22-18)19-21-15-10-5-7-12-17(15)23-19;/h2*4-7,9-12H,2-3,8H2,1H3;/q2*-1;+2/b2*18-13+;. The average molecular weight is 674 g/mol. The maximum atomic E-state index is 5.93. The van der Waals surface area contributed by atoms with Gasteiger partial charge in [0.15, 0.2) is 11.2 Å². The van der Waals surface area contributed by atoms with Gasteiger partial charge in [-0.3, -0.25) is 0 Å². The van der Waals surface area contributed by atoms with E-state index in [9.17, 15) is 0 Å².